The molecule has 0 amide bonds. The molecule has 4 heteroatoms. The van der Waals surface area contributed by atoms with Crippen molar-refractivity contribution in [2.24, 2.45) is 0 Å². The fourth-order valence-corrected chi connectivity index (χ4v) is 1.27. The second-order valence-electron chi connectivity index (χ2n) is 2.07. The van der Waals surface area contributed by atoms with Gasteiger partial charge in [0.1, 0.15) is 0 Å². The second-order valence-corrected chi connectivity index (χ2v) is 2.57. The van der Waals surface area contributed by atoms with E-state index in [0.29, 0.717) is 0 Å². The third kappa shape index (κ3) is 4.76. The average Bonchev–Trinajstić information content (AvgIpc) is 2.06. The molecule has 13 heavy (non-hydrogen) atoms. The molecule has 1 rings (SSSR count). The molecule has 0 atom stereocenters. The van der Waals surface area contributed by atoms with Gasteiger partial charge < -0.3 is 0 Å². The van der Waals surface area contributed by atoms with E-state index < -0.39 is 0 Å². The summed E-state index contributed by atoms with van der Waals surface area (Å²) < 4.78 is 7.36. The Morgan fingerprint density at radius 3 is 2.46 bits per heavy atom. The van der Waals surface area contributed by atoms with E-state index >= 15 is 0 Å². The predicted molar refractivity (Wildman–Crippen MR) is 57.3 cm³/mol. The van der Waals surface area contributed by atoms with E-state index in [1.807, 2.05) is 35.8 Å². The maximum absolute atomic E-state index is 5.39. The minimum Gasteiger partial charge on any atom is -0.147 e. The minimum absolute atomic E-state index is 0. The molecule has 0 N–H and O–H groups in total. The smallest absolute Gasteiger partial charge is 0.147 e. The van der Waals surface area contributed by atoms with Gasteiger partial charge in [0.25, 0.3) is 0 Å². The summed E-state index contributed by atoms with van der Waals surface area (Å²) in [5.74, 6) is 0.952. The third-order valence-electron chi connectivity index (χ3n) is 1.33. The van der Waals surface area contributed by atoms with Crippen molar-refractivity contribution < 1.29 is 22.6 Å². The van der Waals surface area contributed by atoms with Gasteiger partial charge in [-0.1, -0.05) is 0 Å². The van der Waals surface area contributed by atoms with Gasteiger partial charge in [0, 0.05) is 0 Å². The van der Waals surface area contributed by atoms with Crippen LogP contribution in [-0.4, -0.2) is 11.2 Å². The summed E-state index contributed by atoms with van der Waals surface area (Å²) >= 11 is 2.48. The van der Waals surface area contributed by atoms with Gasteiger partial charge in [0.15, 0.2) is 0 Å². The van der Waals surface area contributed by atoms with Crippen molar-refractivity contribution in [1.29, 1.82) is 0 Å². The topological polar surface area (TPSA) is 9.23 Å². The van der Waals surface area contributed by atoms with E-state index in [2.05, 4.69) is 17.9 Å². The molecular formula is C9H12Cl2ORu. The van der Waals surface area contributed by atoms with Crippen LogP contribution in [0.1, 0.15) is 12.5 Å². The Kier molecular flexibility index (Phi) is 10.4. The second kappa shape index (κ2) is 8.68. The summed E-state index contributed by atoms with van der Waals surface area (Å²) in [6.45, 7) is 2.71. The average molecular weight is 308 g/mol. The van der Waals surface area contributed by atoms with Gasteiger partial charge in [0.2, 0.25) is 0 Å². The molecule has 0 aliphatic heterocycles. The van der Waals surface area contributed by atoms with Crippen LogP contribution < -0.4 is 4.74 Å². The molecule has 0 aromatic heterocycles. The first-order valence-electron chi connectivity index (χ1n) is 3.52. The molecule has 1 aromatic rings. The molecule has 0 bridgehead atoms. The number of benzene rings is 1. The molecule has 0 aliphatic rings. The monoisotopic (exact) mass is 308 g/mol. The summed E-state index contributed by atoms with van der Waals surface area (Å²) in [5, 5.41) is 0. The summed E-state index contributed by atoms with van der Waals surface area (Å²) in [7, 11) is 0. The zero-order valence-corrected chi connectivity index (χ0v) is 10.5. The van der Waals surface area contributed by atoms with Crippen molar-refractivity contribution in [2.45, 2.75) is 6.92 Å². The zero-order chi connectivity index (χ0) is 8.10. The van der Waals surface area contributed by atoms with Crippen molar-refractivity contribution in [1.82, 2.24) is 0 Å². The molecule has 0 fully saturated rings. The quantitative estimate of drug-likeness (QED) is 0.780. The Labute approximate surface area is 101 Å². The molecule has 0 unspecified atom stereocenters. The summed E-state index contributed by atoms with van der Waals surface area (Å²) in [6.07, 6.45) is 0. The molecule has 0 heterocycles. The van der Waals surface area contributed by atoms with E-state index in [9.17, 15) is 0 Å². The molecule has 1 nitrogen and oxygen atoms in total. The van der Waals surface area contributed by atoms with Crippen molar-refractivity contribution in [2.75, 3.05) is 6.61 Å². The first-order valence-corrected chi connectivity index (χ1v) is 4.52. The van der Waals surface area contributed by atoms with E-state index in [1.54, 1.807) is 0 Å². The Balaban J connectivity index is 0. The van der Waals surface area contributed by atoms with Crippen LogP contribution in [0.4, 0.5) is 0 Å². The standard InChI is InChI=1S/C9H10O.2ClH.Ru/c1-3-10-9-7-5-4-6-8(9)2;;;/h2,4-7H,3H2,1H3;2*1H;. The van der Waals surface area contributed by atoms with E-state index in [0.717, 1.165) is 17.9 Å². The molecule has 0 saturated heterocycles. The fraction of sp³-hybridized carbons (Fsp3) is 0.222. The SMILES string of the molecule is CCOc1ccccc1[CH]=[Ru].Cl.Cl. The van der Waals surface area contributed by atoms with Crippen molar-refractivity contribution in [3.05, 3.63) is 29.8 Å². The Morgan fingerprint density at radius 1 is 1.31 bits per heavy atom. The molecule has 0 saturated carbocycles. The van der Waals surface area contributed by atoms with Crippen LogP contribution in [0.25, 0.3) is 0 Å². The van der Waals surface area contributed by atoms with E-state index in [4.69, 9.17) is 4.74 Å². The van der Waals surface area contributed by atoms with Gasteiger partial charge in [0.05, 0.1) is 0 Å². The predicted octanol–water partition coefficient (Wildman–Crippen LogP) is 2.63. The molecule has 0 radical (unpaired) electrons. The van der Waals surface area contributed by atoms with Crippen molar-refractivity contribution >= 4 is 29.4 Å². The maximum Gasteiger partial charge on any atom is -0.147 e. The maximum atomic E-state index is 5.39. The number of halogens is 2. The fourth-order valence-electron chi connectivity index (χ4n) is 0.852. The Hall–Kier alpha value is 0.0934. The summed E-state index contributed by atoms with van der Waals surface area (Å²) in [6, 6.07) is 7.98. The Bertz CT molecular complexity index is 253. The first kappa shape index (κ1) is 15.6. The molecule has 1 aromatic carbocycles. The van der Waals surface area contributed by atoms with Crippen molar-refractivity contribution in [3.63, 3.8) is 0 Å². The molecule has 0 spiro atoms. The Morgan fingerprint density at radius 2 is 1.92 bits per heavy atom. The van der Waals surface area contributed by atoms with Crippen LogP contribution >= 0.6 is 24.8 Å². The molecular weight excluding hydrogens is 296 g/mol. The van der Waals surface area contributed by atoms with Gasteiger partial charge in [-0.05, 0) is 0 Å². The normalized spacial score (nSPS) is 7.85. The van der Waals surface area contributed by atoms with E-state index in [1.165, 1.54) is 0 Å². The van der Waals surface area contributed by atoms with Gasteiger partial charge in [-0.15, -0.1) is 24.8 Å². The van der Waals surface area contributed by atoms with Crippen LogP contribution in [-0.2, 0) is 17.9 Å². The van der Waals surface area contributed by atoms with Gasteiger partial charge in [-0.2, -0.15) is 0 Å². The van der Waals surface area contributed by atoms with Crippen LogP contribution in [0.15, 0.2) is 24.3 Å². The van der Waals surface area contributed by atoms with Crippen LogP contribution in [0.2, 0.25) is 0 Å². The number of ether oxygens (including phenoxy) is 1. The van der Waals surface area contributed by atoms with Gasteiger partial charge in [-0.25, -0.2) is 0 Å². The number of rotatable bonds is 3. The van der Waals surface area contributed by atoms with Crippen LogP contribution in [0, 0.1) is 0 Å². The van der Waals surface area contributed by atoms with Crippen LogP contribution in [0.5, 0.6) is 5.75 Å². The zero-order valence-electron chi connectivity index (χ0n) is 7.17. The largest absolute Gasteiger partial charge is 0.147 e. The third-order valence-corrected chi connectivity index (χ3v) is 1.87. The molecule has 0 aliphatic carbocycles. The van der Waals surface area contributed by atoms with E-state index in [-0.39, 0.29) is 24.8 Å². The number of para-hydroxylation sites is 1. The van der Waals surface area contributed by atoms with Gasteiger partial charge in [-0.3, -0.25) is 0 Å². The molecule has 76 valence electrons. The van der Waals surface area contributed by atoms with Crippen molar-refractivity contribution in [3.8, 4) is 5.75 Å². The van der Waals surface area contributed by atoms with Gasteiger partial charge >= 0.3 is 76.3 Å². The summed E-state index contributed by atoms with van der Waals surface area (Å²) in [4.78, 5) is 0. The number of hydrogen-bond donors (Lipinski definition) is 0. The minimum atomic E-state index is 0. The van der Waals surface area contributed by atoms with Crippen LogP contribution in [0.3, 0.4) is 0 Å². The number of hydrogen-bond acceptors (Lipinski definition) is 1. The first-order chi connectivity index (χ1) is 5.38. The summed E-state index contributed by atoms with van der Waals surface area (Å²) in [5.41, 5.74) is 1.13.